The Hall–Kier alpha value is -1.37. The van der Waals surface area contributed by atoms with E-state index in [9.17, 15) is 4.79 Å². The van der Waals surface area contributed by atoms with E-state index in [-0.39, 0.29) is 11.9 Å². The number of ether oxygens (including phenoxy) is 1. The molecule has 0 radical (unpaired) electrons. The molecular weight excluding hydrogens is 520 g/mol. The number of carbonyl (C=O) groups is 1. The average Bonchev–Trinajstić information content (AvgIpc) is 2.91. The van der Waals surface area contributed by atoms with Crippen molar-refractivity contribution >= 4 is 49.2 Å². The number of hydrogen-bond donors (Lipinski definition) is 0. The number of likely N-dealkylation sites (tertiary alicyclic amines) is 1. The van der Waals surface area contributed by atoms with Crippen LogP contribution in [0.15, 0.2) is 45.3 Å². The van der Waals surface area contributed by atoms with Gasteiger partial charge in [-0.15, -0.1) is 0 Å². The summed E-state index contributed by atoms with van der Waals surface area (Å²) in [5, 5.41) is 0. The van der Waals surface area contributed by atoms with E-state index in [1.165, 1.54) is 22.5 Å². The number of piperidine rings is 1. The van der Waals surface area contributed by atoms with Gasteiger partial charge in [-0.25, -0.2) is 0 Å². The third-order valence-corrected chi connectivity index (χ3v) is 7.38. The molecule has 2 aliphatic rings. The highest BCUT2D eigenvalue weighted by Crippen LogP contribution is 2.38. The SMILES string of the molecule is CCOC(=O)C1CCN(CCCN2c3ccc(Br)cc3CCc3cc(Br)ccc32)CC1. The maximum Gasteiger partial charge on any atom is 0.309 e. The monoisotopic (exact) mass is 548 g/mol. The number of rotatable bonds is 6. The first-order valence-corrected chi connectivity index (χ1v) is 12.9. The van der Waals surface area contributed by atoms with Crippen LogP contribution in [0.1, 0.15) is 37.3 Å². The van der Waals surface area contributed by atoms with E-state index < -0.39 is 0 Å². The van der Waals surface area contributed by atoms with Crippen LogP contribution in [-0.2, 0) is 22.4 Å². The number of aryl methyl sites for hydroxylation is 2. The Morgan fingerprint density at radius 2 is 1.55 bits per heavy atom. The zero-order valence-corrected chi connectivity index (χ0v) is 21.3. The minimum absolute atomic E-state index is 0.0164. The van der Waals surface area contributed by atoms with Crippen molar-refractivity contribution in [2.75, 3.05) is 37.7 Å². The second-order valence-corrected chi connectivity index (χ2v) is 10.3. The maximum atomic E-state index is 12.0. The molecule has 0 aliphatic carbocycles. The van der Waals surface area contributed by atoms with E-state index in [4.69, 9.17) is 4.74 Å². The second-order valence-electron chi connectivity index (χ2n) is 8.42. The molecule has 2 aromatic rings. The van der Waals surface area contributed by atoms with E-state index in [0.717, 1.165) is 67.2 Å². The number of fused-ring (bicyclic) bond motifs is 2. The third kappa shape index (κ3) is 5.52. The molecule has 2 aromatic carbocycles. The molecule has 166 valence electrons. The number of carbonyl (C=O) groups excluding carboxylic acids is 1. The third-order valence-electron chi connectivity index (χ3n) is 6.39. The van der Waals surface area contributed by atoms with Crippen molar-refractivity contribution in [1.82, 2.24) is 4.90 Å². The van der Waals surface area contributed by atoms with Crippen LogP contribution in [0.5, 0.6) is 0 Å². The molecule has 0 bridgehead atoms. The topological polar surface area (TPSA) is 32.8 Å². The molecule has 0 saturated carbocycles. The molecular formula is C25H30Br2N2O2. The molecule has 2 heterocycles. The van der Waals surface area contributed by atoms with Crippen LogP contribution in [0.4, 0.5) is 11.4 Å². The predicted octanol–water partition coefficient (Wildman–Crippen LogP) is 6.11. The van der Waals surface area contributed by atoms with E-state index in [1.54, 1.807) is 0 Å². The Kier molecular flexibility index (Phi) is 7.72. The fourth-order valence-corrected chi connectivity index (χ4v) is 5.60. The number of benzene rings is 2. The van der Waals surface area contributed by atoms with Crippen molar-refractivity contribution in [2.45, 2.75) is 39.0 Å². The van der Waals surface area contributed by atoms with Gasteiger partial charge >= 0.3 is 5.97 Å². The quantitative estimate of drug-likeness (QED) is 0.407. The van der Waals surface area contributed by atoms with Gasteiger partial charge in [-0.3, -0.25) is 4.79 Å². The predicted molar refractivity (Wildman–Crippen MR) is 133 cm³/mol. The number of anilines is 2. The van der Waals surface area contributed by atoms with Crippen LogP contribution in [0.3, 0.4) is 0 Å². The standard InChI is InChI=1S/C25H30Br2N2O2/c1-2-31-25(30)18-10-14-28(15-11-18)12-3-13-29-23-8-6-21(26)16-19(23)4-5-20-17-22(27)7-9-24(20)29/h6-9,16-18H,2-5,10-15H2,1H3. The number of halogens is 2. The van der Waals surface area contributed by atoms with Gasteiger partial charge in [-0.2, -0.15) is 0 Å². The lowest BCUT2D eigenvalue weighted by Crippen LogP contribution is -2.38. The van der Waals surface area contributed by atoms with Crippen molar-refractivity contribution in [3.8, 4) is 0 Å². The van der Waals surface area contributed by atoms with Crippen LogP contribution in [0.2, 0.25) is 0 Å². The summed E-state index contributed by atoms with van der Waals surface area (Å²) >= 11 is 7.29. The molecule has 2 aliphatic heterocycles. The highest BCUT2D eigenvalue weighted by atomic mass is 79.9. The summed E-state index contributed by atoms with van der Waals surface area (Å²) in [7, 11) is 0. The molecule has 1 saturated heterocycles. The first-order chi connectivity index (χ1) is 15.0. The molecule has 31 heavy (non-hydrogen) atoms. The Morgan fingerprint density at radius 3 is 2.10 bits per heavy atom. The van der Waals surface area contributed by atoms with Crippen molar-refractivity contribution in [3.05, 3.63) is 56.5 Å². The Balaban J connectivity index is 1.42. The molecule has 0 atom stereocenters. The van der Waals surface area contributed by atoms with Gasteiger partial charge < -0.3 is 14.5 Å². The summed E-state index contributed by atoms with van der Waals surface area (Å²) in [6.07, 6.45) is 5.02. The van der Waals surface area contributed by atoms with Gasteiger partial charge in [0, 0.05) is 26.9 Å². The summed E-state index contributed by atoms with van der Waals surface area (Å²) in [6.45, 7) is 6.37. The fraction of sp³-hybridized carbons (Fsp3) is 0.480. The van der Waals surface area contributed by atoms with Gasteiger partial charge in [0.1, 0.15) is 0 Å². The van der Waals surface area contributed by atoms with Crippen molar-refractivity contribution in [1.29, 1.82) is 0 Å². The summed E-state index contributed by atoms with van der Waals surface area (Å²) in [5.41, 5.74) is 5.45. The van der Waals surface area contributed by atoms with Gasteiger partial charge in [-0.05, 0) is 106 Å². The molecule has 0 N–H and O–H groups in total. The van der Waals surface area contributed by atoms with Gasteiger partial charge in [0.15, 0.2) is 0 Å². The highest BCUT2D eigenvalue weighted by molar-refractivity contribution is 9.10. The Bertz CT molecular complexity index is 872. The first kappa shape index (κ1) is 22.8. The molecule has 0 amide bonds. The lowest BCUT2D eigenvalue weighted by molar-refractivity contribution is -0.149. The lowest BCUT2D eigenvalue weighted by atomic mass is 9.97. The van der Waals surface area contributed by atoms with Gasteiger partial charge in [0.05, 0.1) is 12.5 Å². The number of esters is 1. The first-order valence-electron chi connectivity index (χ1n) is 11.3. The molecule has 0 unspecified atom stereocenters. The van der Waals surface area contributed by atoms with Crippen molar-refractivity contribution in [3.63, 3.8) is 0 Å². The normalized spacial score (nSPS) is 17.1. The van der Waals surface area contributed by atoms with Gasteiger partial charge in [0.25, 0.3) is 0 Å². The lowest BCUT2D eigenvalue weighted by Gasteiger charge is -2.32. The van der Waals surface area contributed by atoms with Crippen LogP contribution in [0.25, 0.3) is 0 Å². The zero-order valence-electron chi connectivity index (χ0n) is 18.1. The van der Waals surface area contributed by atoms with Crippen LogP contribution >= 0.6 is 31.9 Å². The van der Waals surface area contributed by atoms with Gasteiger partial charge in [0.2, 0.25) is 0 Å². The number of nitrogens with zero attached hydrogens (tertiary/aromatic N) is 2. The minimum atomic E-state index is -0.0164. The number of hydrogen-bond acceptors (Lipinski definition) is 4. The largest absolute Gasteiger partial charge is 0.466 e. The molecule has 0 spiro atoms. The Morgan fingerprint density at radius 1 is 0.968 bits per heavy atom. The average molecular weight is 550 g/mol. The minimum Gasteiger partial charge on any atom is -0.466 e. The molecule has 4 rings (SSSR count). The maximum absolute atomic E-state index is 12.0. The molecule has 4 nitrogen and oxygen atoms in total. The fourth-order valence-electron chi connectivity index (χ4n) is 4.78. The van der Waals surface area contributed by atoms with Crippen LogP contribution in [0, 0.1) is 5.92 Å². The Labute approximate surface area is 202 Å². The van der Waals surface area contributed by atoms with Crippen molar-refractivity contribution < 1.29 is 9.53 Å². The summed E-state index contributed by atoms with van der Waals surface area (Å²) in [6, 6.07) is 13.3. The van der Waals surface area contributed by atoms with Crippen molar-refractivity contribution in [2.24, 2.45) is 5.92 Å². The van der Waals surface area contributed by atoms with Crippen LogP contribution < -0.4 is 4.90 Å². The zero-order chi connectivity index (χ0) is 21.8. The highest BCUT2D eigenvalue weighted by Gasteiger charge is 2.26. The van der Waals surface area contributed by atoms with E-state index in [2.05, 4.69) is 78.1 Å². The van der Waals surface area contributed by atoms with E-state index >= 15 is 0 Å². The van der Waals surface area contributed by atoms with E-state index in [1.807, 2.05) is 6.92 Å². The van der Waals surface area contributed by atoms with E-state index in [0.29, 0.717) is 6.61 Å². The van der Waals surface area contributed by atoms with Crippen LogP contribution in [-0.4, -0.2) is 43.7 Å². The second kappa shape index (κ2) is 10.5. The summed E-state index contributed by atoms with van der Waals surface area (Å²) in [5.74, 6) is 0.0645. The molecule has 1 fully saturated rings. The van der Waals surface area contributed by atoms with Gasteiger partial charge in [-0.1, -0.05) is 31.9 Å². The summed E-state index contributed by atoms with van der Waals surface area (Å²) < 4.78 is 7.48. The smallest absolute Gasteiger partial charge is 0.309 e. The molecule has 6 heteroatoms. The summed E-state index contributed by atoms with van der Waals surface area (Å²) in [4.78, 5) is 17.0. The molecule has 0 aromatic heterocycles.